The second-order valence-electron chi connectivity index (χ2n) is 5.18. The van der Waals surface area contributed by atoms with Crippen LogP contribution in [0.5, 0.6) is 0 Å². The molecule has 1 atom stereocenters. The fraction of sp³-hybridized carbons (Fsp3) is 0.500. The van der Waals surface area contributed by atoms with Crippen LogP contribution in [-0.2, 0) is 10.0 Å². The summed E-state index contributed by atoms with van der Waals surface area (Å²) in [4.78, 5) is 4.14. The Bertz CT molecular complexity index is 611. The largest absolute Gasteiger partial charge is 0.389 e. The van der Waals surface area contributed by atoms with Crippen molar-refractivity contribution in [2.45, 2.75) is 30.3 Å². The summed E-state index contributed by atoms with van der Waals surface area (Å²) in [7, 11) is -3.65. The summed E-state index contributed by atoms with van der Waals surface area (Å²) in [6.45, 7) is 2.13. The lowest BCUT2D eigenvalue weighted by atomic mass is 9.97. The molecule has 1 aromatic rings. The first-order chi connectivity index (χ1) is 9.22. The number of rotatable bonds is 3. The monoisotopic (exact) mass is 315 g/mol. The van der Waals surface area contributed by atoms with Crippen LogP contribution in [0.2, 0.25) is 0 Å². The van der Waals surface area contributed by atoms with Crippen LogP contribution in [0.1, 0.15) is 25.5 Å². The lowest BCUT2D eigenvalue weighted by molar-refractivity contribution is 0.00939. The van der Waals surface area contributed by atoms with Crippen molar-refractivity contribution in [1.29, 1.82) is 0 Å². The van der Waals surface area contributed by atoms with Gasteiger partial charge >= 0.3 is 0 Å². The highest BCUT2D eigenvalue weighted by atomic mass is 32.2. The third-order valence-corrected chi connectivity index (χ3v) is 5.30. The molecule has 0 radical (unpaired) electrons. The molecule has 20 heavy (non-hydrogen) atoms. The number of pyridine rings is 1. The van der Waals surface area contributed by atoms with Gasteiger partial charge in [-0.25, -0.2) is 8.42 Å². The van der Waals surface area contributed by atoms with Crippen LogP contribution in [0.4, 0.5) is 0 Å². The lowest BCUT2D eigenvalue weighted by Gasteiger charge is -2.35. The quantitative estimate of drug-likeness (QED) is 0.776. The fourth-order valence-electron chi connectivity index (χ4n) is 2.21. The molecule has 0 bridgehead atoms. The maximum absolute atomic E-state index is 12.5. The van der Waals surface area contributed by atoms with E-state index < -0.39 is 15.6 Å². The number of β-amino-alcohol motifs (C(OH)–C–C–N with tert-alkyl or cyclic N) is 1. The third kappa shape index (κ3) is 3.14. The average molecular weight is 315 g/mol. The van der Waals surface area contributed by atoms with Crippen LogP contribution < -0.4 is 5.73 Å². The van der Waals surface area contributed by atoms with Crippen molar-refractivity contribution in [2.75, 3.05) is 13.1 Å². The molecule has 0 aliphatic carbocycles. The molecule has 110 valence electrons. The van der Waals surface area contributed by atoms with Crippen molar-refractivity contribution in [3.8, 4) is 0 Å². The van der Waals surface area contributed by atoms with Crippen LogP contribution in [0.3, 0.4) is 0 Å². The molecule has 2 heterocycles. The Kier molecular flexibility index (Phi) is 4.10. The fourth-order valence-corrected chi connectivity index (χ4v) is 3.87. The van der Waals surface area contributed by atoms with Crippen molar-refractivity contribution in [3.05, 3.63) is 24.0 Å². The van der Waals surface area contributed by atoms with Crippen LogP contribution >= 0.6 is 12.2 Å². The predicted octanol–water partition coefficient (Wildman–Crippen LogP) is 0.251. The number of thiocarbonyl (C=S) groups is 1. The van der Waals surface area contributed by atoms with E-state index in [1.807, 2.05) is 0 Å². The molecule has 0 saturated carbocycles. The number of piperidine rings is 1. The summed E-state index contributed by atoms with van der Waals surface area (Å²) in [5.74, 6) is 0. The van der Waals surface area contributed by atoms with E-state index in [9.17, 15) is 13.5 Å². The summed E-state index contributed by atoms with van der Waals surface area (Å²) in [6.07, 6.45) is 2.47. The zero-order valence-electron chi connectivity index (χ0n) is 11.1. The number of hydrogen-bond acceptors (Lipinski definition) is 5. The number of nitrogens with zero attached hydrogens (tertiary/aromatic N) is 2. The van der Waals surface area contributed by atoms with Crippen LogP contribution in [0.15, 0.2) is 23.2 Å². The van der Waals surface area contributed by atoms with Gasteiger partial charge in [-0.15, -0.1) is 0 Å². The summed E-state index contributed by atoms with van der Waals surface area (Å²) in [5.41, 5.74) is 4.82. The van der Waals surface area contributed by atoms with Crippen molar-refractivity contribution in [1.82, 2.24) is 9.29 Å². The Labute approximate surface area is 123 Å². The standard InChI is InChI=1S/C12H17N3O3S2/c1-12(16)5-2-6-15(8-12)20(17,18)9-3-4-10(11(13)19)14-7-9/h3-4,7,16H,2,5-6,8H2,1H3,(H2,13,19). The first kappa shape index (κ1) is 15.3. The Morgan fingerprint density at radius 1 is 1.55 bits per heavy atom. The van der Waals surface area contributed by atoms with E-state index in [0.29, 0.717) is 25.1 Å². The third-order valence-electron chi connectivity index (χ3n) is 3.27. The Hall–Kier alpha value is -1.09. The minimum absolute atomic E-state index is 0.0789. The molecule has 2 rings (SSSR count). The van der Waals surface area contributed by atoms with Crippen LogP contribution in [0.25, 0.3) is 0 Å². The first-order valence-electron chi connectivity index (χ1n) is 6.21. The van der Waals surface area contributed by atoms with E-state index >= 15 is 0 Å². The van der Waals surface area contributed by atoms with Crippen molar-refractivity contribution >= 4 is 27.2 Å². The van der Waals surface area contributed by atoms with Crippen LogP contribution in [0, 0.1) is 0 Å². The molecule has 1 aromatic heterocycles. The summed E-state index contributed by atoms with van der Waals surface area (Å²) >= 11 is 4.78. The van der Waals surface area contributed by atoms with Gasteiger partial charge < -0.3 is 10.8 Å². The Morgan fingerprint density at radius 3 is 2.75 bits per heavy atom. The second-order valence-corrected chi connectivity index (χ2v) is 7.56. The molecule has 0 amide bonds. The van der Waals surface area contributed by atoms with Gasteiger partial charge in [0.05, 0.1) is 11.3 Å². The van der Waals surface area contributed by atoms with Gasteiger partial charge in [-0.05, 0) is 31.9 Å². The first-order valence-corrected chi connectivity index (χ1v) is 8.06. The molecule has 1 aliphatic heterocycles. The molecule has 0 aromatic carbocycles. The molecule has 1 fully saturated rings. The number of hydrogen-bond donors (Lipinski definition) is 2. The molecular formula is C12H17N3O3S2. The molecule has 0 spiro atoms. The minimum Gasteiger partial charge on any atom is -0.389 e. The normalized spacial score (nSPS) is 24.5. The maximum atomic E-state index is 12.5. The van der Waals surface area contributed by atoms with Gasteiger partial charge in [0.2, 0.25) is 10.0 Å². The van der Waals surface area contributed by atoms with Gasteiger partial charge in [-0.3, -0.25) is 4.98 Å². The van der Waals surface area contributed by atoms with E-state index in [4.69, 9.17) is 18.0 Å². The lowest BCUT2D eigenvalue weighted by Crippen LogP contribution is -2.48. The van der Waals surface area contributed by atoms with E-state index in [1.165, 1.54) is 22.6 Å². The van der Waals surface area contributed by atoms with E-state index in [2.05, 4.69) is 4.98 Å². The maximum Gasteiger partial charge on any atom is 0.244 e. The van der Waals surface area contributed by atoms with Crippen molar-refractivity contribution in [3.63, 3.8) is 0 Å². The highest BCUT2D eigenvalue weighted by molar-refractivity contribution is 7.89. The number of nitrogens with two attached hydrogens (primary N) is 1. The topological polar surface area (TPSA) is 96.5 Å². The van der Waals surface area contributed by atoms with E-state index in [0.717, 1.165) is 0 Å². The minimum atomic E-state index is -3.65. The molecule has 1 aliphatic rings. The average Bonchev–Trinajstić information content (AvgIpc) is 2.37. The molecule has 6 nitrogen and oxygen atoms in total. The Morgan fingerprint density at radius 2 is 2.25 bits per heavy atom. The number of sulfonamides is 1. The van der Waals surface area contributed by atoms with Gasteiger partial charge in [-0.2, -0.15) is 4.31 Å². The predicted molar refractivity (Wildman–Crippen MR) is 78.7 cm³/mol. The zero-order valence-corrected chi connectivity index (χ0v) is 12.7. The van der Waals surface area contributed by atoms with E-state index in [-0.39, 0.29) is 16.4 Å². The van der Waals surface area contributed by atoms with Gasteiger partial charge in [0.15, 0.2) is 0 Å². The highest BCUT2D eigenvalue weighted by Gasteiger charge is 2.35. The molecule has 1 saturated heterocycles. The summed E-state index contributed by atoms with van der Waals surface area (Å²) < 4.78 is 26.2. The van der Waals surface area contributed by atoms with E-state index in [1.54, 1.807) is 6.92 Å². The number of aliphatic hydroxyl groups is 1. The summed E-state index contributed by atoms with van der Waals surface area (Å²) in [5, 5.41) is 10.0. The van der Waals surface area contributed by atoms with Crippen molar-refractivity contribution < 1.29 is 13.5 Å². The number of aromatic nitrogens is 1. The zero-order chi connectivity index (χ0) is 15.0. The van der Waals surface area contributed by atoms with Gasteiger partial charge in [0.1, 0.15) is 9.88 Å². The van der Waals surface area contributed by atoms with Crippen molar-refractivity contribution in [2.24, 2.45) is 5.73 Å². The van der Waals surface area contributed by atoms with Crippen LogP contribution in [-0.4, -0.2) is 46.5 Å². The molecule has 3 N–H and O–H groups in total. The smallest absolute Gasteiger partial charge is 0.244 e. The molecular weight excluding hydrogens is 298 g/mol. The highest BCUT2D eigenvalue weighted by Crippen LogP contribution is 2.25. The summed E-state index contributed by atoms with van der Waals surface area (Å²) in [6, 6.07) is 2.91. The molecule has 8 heteroatoms. The SMILES string of the molecule is CC1(O)CCCN(S(=O)(=O)c2ccc(C(N)=S)nc2)C1. The molecule has 1 unspecified atom stereocenters. The second kappa shape index (κ2) is 5.36. The van der Waals surface area contributed by atoms with Gasteiger partial charge in [0, 0.05) is 19.3 Å². The van der Waals surface area contributed by atoms with Gasteiger partial charge in [-0.1, -0.05) is 12.2 Å². The van der Waals surface area contributed by atoms with Gasteiger partial charge in [0.25, 0.3) is 0 Å². The Balaban J connectivity index is 2.28.